The fraction of sp³-hybridized carbons (Fsp3) is 0.821. The molecular formula is C39H73NO5S. The summed E-state index contributed by atoms with van der Waals surface area (Å²) in [5.41, 5.74) is 0. The second kappa shape index (κ2) is 33.5. The molecule has 0 radical (unpaired) electrons. The number of carbonyl (C=O) groups is 1. The maximum atomic E-state index is 12.5. The lowest BCUT2D eigenvalue weighted by Gasteiger charge is -2.21. The fourth-order valence-corrected chi connectivity index (χ4v) is 6.37. The van der Waals surface area contributed by atoms with Crippen molar-refractivity contribution in [3.63, 3.8) is 0 Å². The number of unbranched alkanes of at least 4 members (excludes halogenated alkanes) is 22. The Bertz CT molecular complexity index is 868. The van der Waals surface area contributed by atoms with Gasteiger partial charge in [0.05, 0.1) is 17.9 Å². The quantitative estimate of drug-likeness (QED) is 0.0360. The van der Waals surface area contributed by atoms with Crippen molar-refractivity contribution in [2.24, 2.45) is 0 Å². The predicted octanol–water partition coefficient (Wildman–Crippen LogP) is 11.0. The van der Waals surface area contributed by atoms with Crippen LogP contribution in [0.25, 0.3) is 0 Å². The van der Waals surface area contributed by atoms with E-state index in [1.165, 1.54) is 134 Å². The minimum atomic E-state index is -4.35. The van der Waals surface area contributed by atoms with Gasteiger partial charge in [-0.05, 0) is 57.8 Å². The molecule has 46 heavy (non-hydrogen) atoms. The fourth-order valence-electron chi connectivity index (χ4n) is 5.64. The van der Waals surface area contributed by atoms with Crippen molar-refractivity contribution in [1.29, 1.82) is 0 Å². The average Bonchev–Trinajstić information content (AvgIpc) is 3.01. The summed E-state index contributed by atoms with van der Waals surface area (Å²) in [4.78, 5) is 12.5. The van der Waals surface area contributed by atoms with Crippen molar-refractivity contribution >= 4 is 16.0 Å². The van der Waals surface area contributed by atoms with Gasteiger partial charge in [-0.2, -0.15) is 8.42 Å². The van der Waals surface area contributed by atoms with Gasteiger partial charge in [-0.3, -0.25) is 9.35 Å². The minimum absolute atomic E-state index is 0.286. The summed E-state index contributed by atoms with van der Waals surface area (Å²) in [5, 5.41) is 13.1. The van der Waals surface area contributed by atoms with Crippen LogP contribution < -0.4 is 5.32 Å². The number of carbonyl (C=O) groups excluding carboxylic acids is 1. The second-order valence-corrected chi connectivity index (χ2v) is 14.7. The normalized spacial score (nSPS) is 13.7. The van der Waals surface area contributed by atoms with E-state index in [0.717, 1.165) is 32.1 Å². The Labute approximate surface area is 285 Å². The van der Waals surface area contributed by atoms with Gasteiger partial charge in [-0.25, -0.2) is 0 Å². The number of allylic oxidation sites excluding steroid dienone is 5. The number of hydrogen-bond acceptors (Lipinski definition) is 4. The molecule has 3 N–H and O–H groups in total. The Morgan fingerprint density at radius 3 is 1.39 bits per heavy atom. The maximum absolute atomic E-state index is 12.5. The van der Waals surface area contributed by atoms with Crippen LogP contribution in [0, 0.1) is 0 Å². The van der Waals surface area contributed by atoms with E-state index >= 15 is 0 Å². The first-order valence-electron chi connectivity index (χ1n) is 19.2. The Kier molecular flexibility index (Phi) is 32.4. The van der Waals surface area contributed by atoms with Crippen LogP contribution in [0.2, 0.25) is 0 Å². The van der Waals surface area contributed by atoms with Crippen molar-refractivity contribution in [1.82, 2.24) is 5.32 Å². The van der Waals surface area contributed by atoms with Crippen LogP contribution in [0.4, 0.5) is 0 Å². The minimum Gasteiger partial charge on any atom is -0.387 e. The van der Waals surface area contributed by atoms with E-state index in [-0.39, 0.29) is 12.3 Å². The van der Waals surface area contributed by atoms with E-state index in [2.05, 4.69) is 43.5 Å². The molecule has 0 rings (SSSR count). The van der Waals surface area contributed by atoms with Gasteiger partial charge in [0.2, 0.25) is 5.91 Å². The third-order valence-electron chi connectivity index (χ3n) is 8.54. The third-order valence-corrected chi connectivity index (χ3v) is 9.32. The SMILES string of the molecule is CCCCCC/C=C/CC/C=C/C(O)C(CS(=O)(=O)O)NC(=O)CCCCCCCCCCC/C=C\CCCCCCCCCC. The highest BCUT2D eigenvalue weighted by Crippen LogP contribution is 2.13. The zero-order valence-electron chi connectivity index (χ0n) is 29.9. The van der Waals surface area contributed by atoms with Crippen molar-refractivity contribution < 1.29 is 22.9 Å². The molecule has 2 atom stereocenters. The zero-order chi connectivity index (χ0) is 34.0. The van der Waals surface area contributed by atoms with Crippen LogP contribution >= 0.6 is 0 Å². The van der Waals surface area contributed by atoms with Gasteiger partial charge in [-0.15, -0.1) is 0 Å². The van der Waals surface area contributed by atoms with Crippen molar-refractivity contribution in [2.45, 2.75) is 199 Å². The Hall–Kier alpha value is -1.44. The largest absolute Gasteiger partial charge is 0.387 e. The lowest BCUT2D eigenvalue weighted by atomic mass is 10.0. The standard InChI is InChI=1S/C39H73NO5S/c1-3-5-7-9-11-13-15-16-17-18-19-20-21-22-23-24-25-27-29-31-33-35-39(42)40-37(36-46(43,44)45)38(41)34-32-30-28-26-14-12-10-8-6-4-2/h14,18-19,26,32,34,37-38,41H,3-13,15-17,20-25,27-31,33,35-36H2,1-2H3,(H,40,42)(H,43,44,45)/b19-18-,26-14+,34-32+. The van der Waals surface area contributed by atoms with Crippen molar-refractivity contribution in [2.75, 3.05) is 5.75 Å². The van der Waals surface area contributed by atoms with Gasteiger partial charge >= 0.3 is 0 Å². The topological polar surface area (TPSA) is 104 Å². The molecule has 0 aromatic rings. The molecular weight excluding hydrogens is 594 g/mol. The number of aliphatic hydroxyl groups is 1. The molecule has 0 fully saturated rings. The lowest BCUT2D eigenvalue weighted by molar-refractivity contribution is -0.122. The zero-order valence-corrected chi connectivity index (χ0v) is 30.8. The second-order valence-electron chi connectivity index (χ2n) is 13.2. The summed E-state index contributed by atoms with van der Waals surface area (Å²) >= 11 is 0. The number of nitrogens with one attached hydrogen (secondary N) is 1. The highest BCUT2D eigenvalue weighted by molar-refractivity contribution is 7.85. The van der Waals surface area contributed by atoms with Gasteiger partial charge in [-0.1, -0.05) is 159 Å². The van der Waals surface area contributed by atoms with Crippen LogP contribution in [0.5, 0.6) is 0 Å². The molecule has 270 valence electrons. The first-order valence-corrected chi connectivity index (χ1v) is 20.8. The van der Waals surface area contributed by atoms with E-state index in [1.54, 1.807) is 6.08 Å². The monoisotopic (exact) mass is 668 g/mol. The highest BCUT2D eigenvalue weighted by atomic mass is 32.2. The summed E-state index contributed by atoms with van der Waals surface area (Å²) in [7, 11) is -4.35. The molecule has 0 aromatic carbocycles. The Balaban J connectivity index is 3.88. The molecule has 0 saturated heterocycles. The molecule has 7 heteroatoms. The first kappa shape index (κ1) is 44.6. The predicted molar refractivity (Wildman–Crippen MR) is 198 cm³/mol. The van der Waals surface area contributed by atoms with Crippen LogP contribution in [-0.2, 0) is 14.9 Å². The average molecular weight is 668 g/mol. The first-order chi connectivity index (χ1) is 22.3. The molecule has 2 unspecified atom stereocenters. The van der Waals surface area contributed by atoms with Crippen molar-refractivity contribution in [3.8, 4) is 0 Å². The molecule has 1 amide bonds. The van der Waals surface area contributed by atoms with Crippen LogP contribution in [0.15, 0.2) is 36.5 Å². The van der Waals surface area contributed by atoms with E-state index in [4.69, 9.17) is 0 Å². The maximum Gasteiger partial charge on any atom is 0.267 e. The van der Waals surface area contributed by atoms with E-state index in [0.29, 0.717) is 6.42 Å². The number of amides is 1. The van der Waals surface area contributed by atoms with Crippen LogP contribution in [-0.4, -0.2) is 41.9 Å². The molecule has 0 saturated carbocycles. The molecule has 0 heterocycles. The van der Waals surface area contributed by atoms with Gasteiger partial charge in [0.1, 0.15) is 0 Å². The number of hydrogen-bond donors (Lipinski definition) is 3. The molecule has 0 spiro atoms. The van der Waals surface area contributed by atoms with E-state index in [9.17, 15) is 22.9 Å². The molecule has 0 aliphatic rings. The number of rotatable bonds is 34. The Morgan fingerprint density at radius 1 is 0.565 bits per heavy atom. The van der Waals surface area contributed by atoms with Crippen LogP contribution in [0.1, 0.15) is 187 Å². The molecule has 0 aliphatic heterocycles. The number of aliphatic hydroxyl groups excluding tert-OH is 1. The van der Waals surface area contributed by atoms with E-state index < -0.39 is 28.0 Å². The summed E-state index contributed by atoms with van der Waals surface area (Å²) in [5.74, 6) is -1.00. The van der Waals surface area contributed by atoms with E-state index in [1.807, 2.05) is 0 Å². The molecule has 0 bridgehead atoms. The molecule has 0 aliphatic carbocycles. The van der Waals surface area contributed by atoms with Crippen molar-refractivity contribution in [3.05, 3.63) is 36.5 Å². The summed E-state index contributed by atoms with van der Waals surface area (Å²) < 4.78 is 32.3. The van der Waals surface area contributed by atoms with Gasteiger partial charge in [0.15, 0.2) is 0 Å². The van der Waals surface area contributed by atoms with Crippen LogP contribution in [0.3, 0.4) is 0 Å². The summed E-state index contributed by atoms with van der Waals surface area (Å²) in [6, 6.07) is -1.07. The smallest absolute Gasteiger partial charge is 0.267 e. The molecule has 6 nitrogen and oxygen atoms in total. The third kappa shape index (κ3) is 33.9. The van der Waals surface area contributed by atoms with Gasteiger partial charge < -0.3 is 10.4 Å². The Morgan fingerprint density at radius 2 is 0.935 bits per heavy atom. The summed E-state index contributed by atoms with van der Waals surface area (Å²) in [6.45, 7) is 4.47. The molecule has 0 aromatic heterocycles. The van der Waals surface area contributed by atoms with Gasteiger partial charge in [0, 0.05) is 6.42 Å². The summed E-state index contributed by atoms with van der Waals surface area (Å²) in [6.07, 6.45) is 42.8. The highest BCUT2D eigenvalue weighted by Gasteiger charge is 2.24. The lowest BCUT2D eigenvalue weighted by Crippen LogP contribution is -2.46. The van der Waals surface area contributed by atoms with Gasteiger partial charge in [0.25, 0.3) is 10.1 Å².